The summed E-state index contributed by atoms with van der Waals surface area (Å²) in [7, 11) is 1.61. The molecule has 2 aromatic carbocycles. The summed E-state index contributed by atoms with van der Waals surface area (Å²) in [6.45, 7) is 0. The van der Waals surface area contributed by atoms with Crippen molar-refractivity contribution in [2.75, 3.05) is 12.8 Å². The Labute approximate surface area is 114 Å². The van der Waals surface area contributed by atoms with Crippen LogP contribution in [0.3, 0.4) is 0 Å². The first kappa shape index (κ1) is 11.9. The van der Waals surface area contributed by atoms with Crippen molar-refractivity contribution >= 4 is 28.4 Å². The number of rotatable bonds is 2. The molecule has 0 fully saturated rings. The molecule has 4 nitrogen and oxygen atoms in total. The second-order valence-electron chi connectivity index (χ2n) is 4.06. The van der Waals surface area contributed by atoms with Gasteiger partial charge in [0.15, 0.2) is 5.58 Å². The van der Waals surface area contributed by atoms with Gasteiger partial charge in [-0.05, 0) is 18.2 Å². The summed E-state index contributed by atoms with van der Waals surface area (Å²) in [5, 5.41) is 0.465. The Hall–Kier alpha value is -2.20. The van der Waals surface area contributed by atoms with Crippen LogP contribution >= 0.6 is 11.6 Å². The molecule has 19 heavy (non-hydrogen) atoms. The van der Waals surface area contributed by atoms with Crippen molar-refractivity contribution in [1.82, 2.24) is 4.98 Å². The van der Waals surface area contributed by atoms with E-state index in [2.05, 4.69) is 4.98 Å². The number of oxazole rings is 1. The molecular weight excluding hydrogens is 264 g/mol. The predicted molar refractivity (Wildman–Crippen MR) is 75.4 cm³/mol. The van der Waals surface area contributed by atoms with E-state index in [1.54, 1.807) is 19.2 Å². The molecule has 0 saturated heterocycles. The van der Waals surface area contributed by atoms with Crippen molar-refractivity contribution < 1.29 is 9.15 Å². The molecule has 5 heteroatoms. The molecule has 1 heterocycles. The Kier molecular flexibility index (Phi) is 2.80. The molecule has 0 atom stereocenters. The SMILES string of the molecule is COc1ccccc1-c1nc2cc(Cl)c(N)cc2o1. The predicted octanol–water partition coefficient (Wildman–Crippen LogP) is 3.74. The molecule has 96 valence electrons. The van der Waals surface area contributed by atoms with Crippen molar-refractivity contribution in [3.8, 4) is 17.2 Å². The number of fused-ring (bicyclic) bond motifs is 1. The fourth-order valence-electron chi connectivity index (χ4n) is 1.90. The van der Waals surface area contributed by atoms with Crippen molar-refractivity contribution in [2.24, 2.45) is 0 Å². The third-order valence-corrected chi connectivity index (χ3v) is 3.17. The van der Waals surface area contributed by atoms with Crippen molar-refractivity contribution in [3.05, 3.63) is 41.4 Å². The molecule has 3 aromatic rings. The average molecular weight is 275 g/mol. The lowest BCUT2D eigenvalue weighted by atomic mass is 10.2. The Morgan fingerprint density at radius 2 is 2.05 bits per heavy atom. The fourth-order valence-corrected chi connectivity index (χ4v) is 2.06. The summed E-state index contributed by atoms with van der Waals surface area (Å²) >= 11 is 5.97. The van der Waals surface area contributed by atoms with E-state index in [1.807, 2.05) is 24.3 Å². The van der Waals surface area contributed by atoms with Crippen molar-refractivity contribution in [1.29, 1.82) is 0 Å². The maximum Gasteiger partial charge on any atom is 0.231 e. The number of anilines is 1. The number of hydrogen-bond donors (Lipinski definition) is 1. The van der Waals surface area contributed by atoms with Crippen LogP contribution in [0.25, 0.3) is 22.6 Å². The Morgan fingerprint density at radius 1 is 1.26 bits per heavy atom. The number of halogens is 1. The van der Waals surface area contributed by atoms with Gasteiger partial charge in [-0.25, -0.2) is 4.98 Å². The monoisotopic (exact) mass is 274 g/mol. The van der Waals surface area contributed by atoms with E-state index in [0.717, 1.165) is 5.56 Å². The van der Waals surface area contributed by atoms with Crippen LogP contribution in [-0.2, 0) is 0 Å². The maximum absolute atomic E-state index is 5.97. The van der Waals surface area contributed by atoms with E-state index >= 15 is 0 Å². The number of para-hydroxylation sites is 1. The number of nitrogen functional groups attached to an aromatic ring is 1. The minimum atomic E-state index is 0.465. The van der Waals surface area contributed by atoms with Crippen LogP contribution in [0.5, 0.6) is 5.75 Å². The van der Waals surface area contributed by atoms with E-state index in [4.69, 9.17) is 26.5 Å². The third-order valence-electron chi connectivity index (χ3n) is 2.84. The van der Waals surface area contributed by atoms with Crippen molar-refractivity contribution in [2.45, 2.75) is 0 Å². The van der Waals surface area contributed by atoms with Gasteiger partial charge in [-0.3, -0.25) is 0 Å². The first-order valence-electron chi connectivity index (χ1n) is 5.68. The standard InChI is InChI=1S/C14H11ClN2O2/c1-18-12-5-3-2-4-8(12)14-17-11-6-9(15)10(16)7-13(11)19-14/h2-7H,16H2,1H3. The molecule has 0 bridgehead atoms. The number of nitrogens with zero attached hydrogens (tertiary/aromatic N) is 1. The lowest BCUT2D eigenvalue weighted by Gasteiger charge is -2.03. The van der Waals surface area contributed by atoms with Crippen LogP contribution in [0.1, 0.15) is 0 Å². The minimum absolute atomic E-state index is 0.465. The third kappa shape index (κ3) is 2.00. The van der Waals surface area contributed by atoms with E-state index in [-0.39, 0.29) is 0 Å². The van der Waals surface area contributed by atoms with Gasteiger partial charge < -0.3 is 14.9 Å². The van der Waals surface area contributed by atoms with Crippen LogP contribution in [0.4, 0.5) is 5.69 Å². The first-order chi connectivity index (χ1) is 9.19. The highest BCUT2D eigenvalue weighted by atomic mass is 35.5. The van der Waals surface area contributed by atoms with Gasteiger partial charge in [-0.2, -0.15) is 0 Å². The van der Waals surface area contributed by atoms with Gasteiger partial charge in [0, 0.05) is 6.07 Å². The van der Waals surface area contributed by atoms with Crippen LogP contribution in [0, 0.1) is 0 Å². The highest BCUT2D eigenvalue weighted by molar-refractivity contribution is 6.33. The minimum Gasteiger partial charge on any atom is -0.496 e. The Bertz CT molecular complexity index is 713. The molecule has 0 aliphatic rings. The van der Waals surface area contributed by atoms with Crippen LogP contribution < -0.4 is 10.5 Å². The number of nitrogens with two attached hydrogens (primary N) is 1. The lowest BCUT2D eigenvalue weighted by molar-refractivity contribution is 0.414. The quantitative estimate of drug-likeness (QED) is 0.723. The van der Waals surface area contributed by atoms with Crippen LogP contribution in [0.15, 0.2) is 40.8 Å². The average Bonchev–Trinajstić information content (AvgIpc) is 2.82. The molecule has 3 rings (SSSR count). The number of ether oxygens (including phenoxy) is 1. The van der Waals surface area contributed by atoms with Crippen molar-refractivity contribution in [3.63, 3.8) is 0 Å². The summed E-state index contributed by atoms with van der Waals surface area (Å²) in [5.41, 5.74) is 8.27. The topological polar surface area (TPSA) is 61.3 Å². The highest BCUT2D eigenvalue weighted by Crippen LogP contribution is 2.33. The van der Waals surface area contributed by atoms with E-state index in [1.165, 1.54) is 0 Å². The molecule has 2 N–H and O–H groups in total. The first-order valence-corrected chi connectivity index (χ1v) is 6.06. The number of hydrogen-bond acceptors (Lipinski definition) is 4. The number of benzene rings is 2. The van der Waals surface area contributed by atoms with Gasteiger partial charge in [0.1, 0.15) is 11.3 Å². The summed E-state index contributed by atoms with van der Waals surface area (Å²) in [6.07, 6.45) is 0. The normalized spacial score (nSPS) is 10.8. The largest absolute Gasteiger partial charge is 0.496 e. The summed E-state index contributed by atoms with van der Waals surface area (Å²) in [4.78, 5) is 4.41. The van der Waals surface area contributed by atoms with Gasteiger partial charge in [-0.15, -0.1) is 0 Å². The molecule has 0 aliphatic carbocycles. The molecular formula is C14H11ClN2O2. The second kappa shape index (κ2) is 4.48. The zero-order valence-corrected chi connectivity index (χ0v) is 10.9. The van der Waals surface area contributed by atoms with Crippen LogP contribution in [0.2, 0.25) is 5.02 Å². The van der Waals surface area contributed by atoms with Gasteiger partial charge >= 0.3 is 0 Å². The molecule has 0 saturated carbocycles. The fraction of sp³-hybridized carbons (Fsp3) is 0.0714. The Balaban J connectivity index is 2.20. The molecule has 0 aliphatic heterocycles. The van der Waals surface area contributed by atoms with E-state index in [0.29, 0.717) is 33.4 Å². The zero-order chi connectivity index (χ0) is 13.4. The smallest absolute Gasteiger partial charge is 0.231 e. The van der Waals surface area contributed by atoms with Gasteiger partial charge in [0.2, 0.25) is 5.89 Å². The molecule has 1 aromatic heterocycles. The van der Waals surface area contributed by atoms with Gasteiger partial charge in [-0.1, -0.05) is 23.7 Å². The highest BCUT2D eigenvalue weighted by Gasteiger charge is 2.13. The summed E-state index contributed by atoms with van der Waals surface area (Å²) in [6, 6.07) is 10.9. The molecule has 0 amide bonds. The van der Waals surface area contributed by atoms with Gasteiger partial charge in [0.25, 0.3) is 0 Å². The summed E-state index contributed by atoms with van der Waals surface area (Å²) in [5.74, 6) is 1.18. The van der Waals surface area contributed by atoms with E-state index in [9.17, 15) is 0 Å². The second-order valence-corrected chi connectivity index (χ2v) is 4.47. The lowest BCUT2D eigenvalue weighted by Crippen LogP contribution is -1.86. The maximum atomic E-state index is 5.97. The molecule has 0 spiro atoms. The van der Waals surface area contributed by atoms with E-state index < -0.39 is 0 Å². The van der Waals surface area contributed by atoms with Gasteiger partial charge in [0.05, 0.1) is 23.4 Å². The summed E-state index contributed by atoms with van der Waals surface area (Å²) < 4.78 is 11.0. The number of methoxy groups -OCH3 is 1. The molecule has 0 radical (unpaired) electrons. The number of aromatic nitrogens is 1. The zero-order valence-electron chi connectivity index (χ0n) is 10.2. The Morgan fingerprint density at radius 3 is 2.84 bits per heavy atom. The molecule has 0 unspecified atom stereocenters. The van der Waals surface area contributed by atoms with Crippen LogP contribution in [-0.4, -0.2) is 12.1 Å².